The van der Waals surface area contributed by atoms with Crippen LogP contribution in [0.2, 0.25) is 0 Å². The second-order valence-electron chi connectivity index (χ2n) is 7.90. The molecule has 2 N–H and O–H groups in total. The van der Waals surface area contributed by atoms with E-state index >= 15 is 0 Å². The molecule has 9 heteroatoms. The summed E-state index contributed by atoms with van der Waals surface area (Å²) in [6.45, 7) is 5.45. The Morgan fingerprint density at radius 3 is 2.76 bits per heavy atom. The van der Waals surface area contributed by atoms with E-state index in [1.807, 2.05) is 30.3 Å². The van der Waals surface area contributed by atoms with Crippen LogP contribution in [0.15, 0.2) is 30.3 Å². The number of pyridine rings is 1. The van der Waals surface area contributed by atoms with Crippen LogP contribution in [-0.4, -0.2) is 73.2 Å². The van der Waals surface area contributed by atoms with Crippen molar-refractivity contribution in [3.8, 4) is 17.0 Å². The SMILES string of the molecule is CCN(CCOC)c1nc(NC2CCOC2)nc2nc(-c3ccc(OC)c(CO)c3)ccc12. The number of hydrogen-bond donors (Lipinski definition) is 2. The average molecular weight is 454 g/mol. The predicted molar refractivity (Wildman–Crippen MR) is 128 cm³/mol. The maximum Gasteiger partial charge on any atom is 0.227 e. The number of aliphatic hydroxyl groups is 1. The van der Waals surface area contributed by atoms with Crippen molar-refractivity contribution in [1.29, 1.82) is 0 Å². The van der Waals surface area contributed by atoms with E-state index in [0.29, 0.717) is 42.7 Å². The lowest BCUT2D eigenvalue weighted by Crippen LogP contribution is -2.29. The summed E-state index contributed by atoms with van der Waals surface area (Å²) in [4.78, 5) is 16.6. The van der Waals surface area contributed by atoms with Crippen LogP contribution in [-0.2, 0) is 16.1 Å². The fourth-order valence-electron chi connectivity index (χ4n) is 3.97. The molecule has 0 radical (unpaired) electrons. The Kier molecular flexibility index (Phi) is 7.54. The quantitative estimate of drug-likeness (QED) is 0.480. The van der Waals surface area contributed by atoms with Gasteiger partial charge in [0.25, 0.3) is 0 Å². The van der Waals surface area contributed by atoms with Gasteiger partial charge in [-0.25, -0.2) is 4.98 Å². The van der Waals surface area contributed by atoms with Gasteiger partial charge in [0.05, 0.1) is 44.1 Å². The maximum atomic E-state index is 9.70. The van der Waals surface area contributed by atoms with Crippen molar-refractivity contribution in [3.63, 3.8) is 0 Å². The van der Waals surface area contributed by atoms with Crippen LogP contribution in [0.5, 0.6) is 5.75 Å². The highest BCUT2D eigenvalue weighted by molar-refractivity contribution is 5.89. The summed E-state index contributed by atoms with van der Waals surface area (Å²) in [7, 11) is 3.29. The minimum absolute atomic E-state index is 0.112. The van der Waals surface area contributed by atoms with Gasteiger partial charge in [0, 0.05) is 37.9 Å². The van der Waals surface area contributed by atoms with E-state index < -0.39 is 0 Å². The first-order valence-corrected chi connectivity index (χ1v) is 11.2. The van der Waals surface area contributed by atoms with Gasteiger partial charge in [-0.15, -0.1) is 0 Å². The number of fused-ring (bicyclic) bond motifs is 1. The first-order valence-electron chi connectivity index (χ1n) is 11.2. The normalized spacial score (nSPS) is 15.7. The molecule has 0 amide bonds. The standard InChI is InChI=1S/C24H31N5O4/c1-4-29(10-12-31-2)23-19-6-7-20(16-5-8-21(32-3)17(13-16)14-30)26-22(19)27-24(28-23)25-18-9-11-33-15-18/h5-8,13,18,30H,4,9-12,14-15H2,1-3H3,(H,25,26,27,28). The summed E-state index contributed by atoms with van der Waals surface area (Å²) in [5.74, 6) is 2.01. The summed E-state index contributed by atoms with van der Waals surface area (Å²) in [6, 6.07) is 9.81. The van der Waals surface area contributed by atoms with Crippen molar-refractivity contribution >= 4 is 22.8 Å². The second-order valence-corrected chi connectivity index (χ2v) is 7.90. The van der Waals surface area contributed by atoms with Crippen LogP contribution in [0, 0.1) is 0 Å². The first kappa shape index (κ1) is 23.2. The van der Waals surface area contributed by atoms with Gasteiger partial charge < -0.3 is 29.5 Å². The lowest BCUT2D eigenvalue weighted by atomic mass is 10.1. The zero-order valence-electron chi connectivity index (χ0n) is 19.4. The van der Waals surface area contributed by atoms with E-state index in [1.54, 1.807) is 14.2 Å². The van der Waals surface area contributed by atoms with Crippen molar-refractivity contribution in [2.45, 2.75) is 26.0 Å². The molecule has 33 heavy (non-hydrogen) atoms. The number of hydrogen-bond acceptors (Lipinski definition) is 9. The van der Waals surface area contributed by atoms with Gasteiger partial charge in [0.2, 0.25) is 5.95 Å². The Balaban J connectivity index is 1.78. The molecule has 3 heterocycles. The van der Waals surface area contributed by atoms with Crippen LogP contribution in [0.3, 0.4) is 0 Å². The molecule has 1 unspecified atom stereocenters. The van der Waals surface area contributed by atoms with Gasteiger partial charge in [0.1, 0.15) is 11.6 Å². The number of aromatic nitrogens is 3. The molecule has 9 nitrogen and oxygen atoms in total. The van der Waals surface area contributed by atoms with Gasteiger partial charge in [-0.2, -0.15) is 9.97 Å². The Hall–Kier alpha value is -3.01. The molecule has 1 aliphatic rings. The highest BCUT2D eigenvalue weighted by Crippen LogP contribution is 2.30. The van der Waals surface area contributed by atoms with E-state index in [2.05, 4.69) is 17.1 Å². The van der Waals surface area contributed by atoms with E-state index in [-0.39, 0.29) is 12.6 Å². The molecule has 1 fully saturated rings. The smallest absolute Gasteiger partial charge is 0.227 e. The molecule has 0 bridgehead atoms. The van der Waals surface area contributed by atoms with Gasteiger partial charge in [-0.05, 0) is 43.7 Å². The molecule has 1 aromatic carbocycles. The second kappa shape index (κ2) is 10.7. The largest absolute Gasteiger partial charge is 0.496 e. The highest BCUT2D eigenvalue weighted by Gasteiger charge is 2.20. The molecule has 2 aromatic heterocycles. The third-order valence-electron chi connectivity index (χ3n) is 5.80. The summed E-state index contributed by atoms with van der Waals surface area (Å²) >= 11 is 0. The third kappa shape index (κ3) is 5.16. The molecule has 3 aromatic rings. The molecule has 0 spiro atoms. The van der Waals surface area contributed by atoms with Crippen LogP contribution in [0.4, 0.5) is 11.8 Å². The van der Waals surface area contributed by atoms with E-state index in [0.717, 1.165) is 42.0 Å². The van der Waals surface area contributed by atoms with Crippen LogP contribution < -0.4 is 15.0 Å². The zero-order chi connectivity index (χ0) is 23.2. The molecule has 0 saturated carbocycles. The summed E-state index contributed by atoms with van der Waals surface area (Å²) in [6.07, 6.45) is 0.918. The summed E-state index contributed by atoms with van der Waals surface area (Å²) in [5.41, 5.74) is 2.96. The molecular formula is C24H31N5O4. The number of anilines is 2. The van der Waals surface area contributed by atoms with Crippen molar-refractivity contribution < 1.29 is 19.3 Å². The number of nitrogens with one attached hydrogen (secondary N) is 1. The lowest BCUT2D eigenvalue weighted by molar-refractivity contribution is 0.195. The minimum Gasteiger partial charge on any atom is -0.496 e. The van der Waals surface area contributed by atoms with E-state index in [9.17, 15) is 5.11 Å². The molecular weight excluding hydrogens is 422 g/mol. The molecule has 1 aliphatic heterocycles. The fraction of sp³-hybridized carbons (Fsp3) is 0.458. The molecule has 1 atom stereocenters. The number of benzene rings is 1. The fourth-order valence-corrected chi connectivity index (χ4v) is 3.97. The first-order chi connectivity index (χ1) is 16.2. The van der Waals surface area contributed by atoms with Crippen LogP contribution >= 0.6 is 0 Å². The summed E-state index contributed by atoms with van der Waals surface area (Å²) < 4.78 is 16.1. The zero-order valence-corrected chi connectivity index (χ0v) is 19.4. The minimum atomic E-state index is -0.112. The number of likely N-dealkylation sites (N-methyl/N-ethyl adjacent to an activating group) is 1. The van der Waals surface area contributed by atoms with Crippen LogP contribution in [0.25, 0.3) is 22.3 Å². The Morgan fingerprint density at radius 1 is 1.18 bits per heavy atom. The average Bonchev–Trinajstić information content (AvgIpc) is 3.36. The van der Waals surface area contributed by atoms with Gasteiger partial charge in [-0.1, -0.05) is 0 Å². The Bertz CT molecular complexity index is 1090. The third-order valence-corrected chi connectivity index (χ3v) is 5.80. The number of aliphatic hydroxyl groups excluding tert-OH is 1. The van der Waals surface area contributed by atoms with Gasteiger partial charge in [0.15, 0.2) is 5.65 Å². The lowest BCUT2D eigenvalue weighted by Gasteiger charge is -2.24. The predicted octanol–water partition coefficient (Wildman–Crippen LogP) is 2.87. The van der Waals surface area contributed by atoms with Crippen molar-refractivity contribution in [3.05, 3.63) is 35.9 Å². The maximum absolute atomic E-state index is 9.70. The highest BCUT2D eigenvalue weighted by atomic mass is 16.5. The monoisotopic (exact) mass is 453 g/mol. The number of ether oxygens (including phenoxy) is 3. The molecule has 0 aliphatic carbocycles. The number of nitrogens with zero attached hydrogens (tertiary/aromatic N) is 4. The van der Waals surface area contributed by atoms with Gasteiger partial charge in [-0.3, -0.25) is 0 Å². The van der Waals surface area contributed by atoms with Crippen molar-refractivity contribution in [2.24, 2.45) is 0 Å². The number of rotatable bonds is 10. The molecule has 4 rings (SSSR count). The topological polar surface area (TPSA) is 102 Å². The van der Waals surface area contributed by atoms with Gasteiger partial charge >= 0.3 is 0 Å². The molecule has 176 valence electrons. The number of methoxy groups -OCH3 is 2. The van der Waals surface area contributed by atoms with Crippen molar-refractivity contribution in [1.82, 2.24) is 15.0 Å². The summed E-state index contributed by atoms with van der Waals surface area (Å²) in [5, 5.41) is 14.0. The van der Waals surface area contributed by atoms with E-state index in [1.165, 1.54) is 0 Å². The van der Waals surface area contributed by atoms with E-state index in [4.69, 9.17) is 29.2 Å². The Morgan fingerprint density at radius 2 is 2.06 bits per heavy atom. The van der Waals surface area contributed by atoms with Crippen LogP contribution in [0.1, 0.15) is 18.9 Å². The van der Waals surface area contributed by atoms with Crippen molar-refractivity contribution in [2.75, 3.05) is 57.3 Å². The molecule has 1 saturated heterocycles. The Labute approximate surface area is 193 Å².